The summed E-state index contributed by atoms with van der Waals surface area (Å²) in [7, 11) is 0. The lowest BCUT2D eigenvalue weighted by Crippen LogP contribution is -2.40. The summed E-state index contributed by atoms with van der Waals surface area (Å²) in [5.41, 5.74) is 1.01. The minimum atomic E-state index is 0.707. The highest BCUT2D eigenvalue weighted by atomic mass is 16.3. The molecule has 1 N–H and O–H groups in total. The van der Waals surface area contributed by atoms with E-state index in [1.165, 1.54) is 37.9 Å². The van der Waals surface area contributed by atoms with Crippen molar-refractivity contribution in [2.45, 2.75) is 25.4 Å². The van der Waals surface area contributed by atoms with Gasteiger partial charge >= 0.3 is 0 Å². The number of nitrogens with zero attached hydrogens (tertiary/aromatic N) is 1. The molecule has 3 heterocycles. The monoisotopic (exact) mass is 256 g/mol. The van der Waals surface area contributed by atoms with Gasteiger partial charge in [-0.25, -0.2) is 0 Å². The number of hydrogen-bond acceptors (Lipinski definition) is 3. The van der Waals surface area contributed by atoms with Crippen molar-refractivity contribution in [2.75, 3.05) is 19.6 Å². The van der Waals surface area contributed by atoms with Crippen LogP contribution in [0, 0.1) is 5.92 Å². The molecule has 2 atom stereocenters. The van der Waals surface area contributed by atoms with Crippen LogP contribution in [-0.2, 0) is 6.54 Å². The Morgan fingerprint density at radius 2 is 2.21 bits per heavy atom. The molecule has 0 radical (unpaired) electrons. The van der Waals surface area contributed by atoms with Crippen molar-refractivity contribution in [1.82, 2.24) is 10.2 Å². The van der Waals surface area contributed by atoms with Crippen LogP contribution in [0.4, 0.5) is 0 Å². The van der Waals surface area contributed by atoms with Crippen LogP contribution in [0.3, 0.4) is 0 Å². The lowest BCUT2D eigenvalue weighted by molar-refractivity contribution is 0.288. The third-order valence-electron chi connectivity index (χ3n) is 4.53. The van der Waals surface area contributed by atoms with Crippen molar-refractivity contribution >= 4 is 11.0 Å². The Labute approximate surface area is 113 Å². The molecule has 2 aliphatic heterocycles. The summed E-state index contributed by atoms with van der Waals surface area (Å²) in [5.74, 6) is 1.94. The Hall–Kier alpha value is -1.32. The van der Waals surface area contributed by atoms with Crippen molar-refractivity contribution in [3.63, 3.8) is 0 Å². The first-order chi connectivity index (χ1) is 9.38. The van der Waals surface area contributed by atoms with E-state index >= 15 is 0 Å². The Morgan fingerprint density at radius 1 is 1.26 bits per heavy atom. The molecule has 0 aliphatic carbocycles. The number of hydrogen-bond donors (Lipinski definition) is 1. The standard InChI is InChI=1S/C16H20N2O/c1-2-6-16-12(4-1)8-14(19-16)10-18-9-13-5-3-7-17-15(13)11-18/h1-2,4,6,8,13,15,17H,3,5,7,9-11H2/t13-,15+/m0/s1. The number of nitrogens with one attached hydrogen (secondary N) is 1. The van der Waals surface area contributed by atoms with Crippen LogP contribution < -0.4 is 5.32 Å². The van der Waals surface area contributed by atoms with E-state index in [4.69, 9.17) is 4.42 Å². The summed E-state index contributed by atoms with van der Waals surface area (Å²) in [6.45, 7) is 4.53. The van der Waals surface area contributed by atoms with Gasteiger partial charge in [0.2, 0.25) is 0 Å². The fourth-order valence-electron chi connectivity index (χ4n) is 3.60. The van der Waals surface area contributed by atoms with Gasteiger partial charge in [0, 0.05) is 24.5 Å². The molecule has 4 rings (SSSR count). The van der Waals surface area contributed by atoms with Crippen molar-refractivity contribution in [3.05, 3.63) is 36.1 Å². The lowest BCUT2D eigenvalue weighted by Gasteiger charge is -2.24. The first kappa shape index (κ1) is 11.5. The van der Waals surface area contributed by atoms with E-state index in [2.05, 4.69) is 28.4 Å². The quantitative estimate of drug-likeness (QED) is 0.895. The topological polar surface area (TPSA) is 28.4 Å². The maximum atomic E-state index is 5.92. The fraction of sp³-hybridized carbons (Fsp3) is 0.500. The molecule has 0 amide bonds. The van der Waals surface area contributed by atoms with E-state index in [1.54, 1.807) is 0 Å². The molecule has 1 aromatic carbocycles. The molecule has 2 aliphatic rings. The van der Waals surface area contributed by atoms with E-state index in [9.17, 15) is 0 Å². The molecule has 1 aromatic heterocycles. The Morgan fingerprint density at radius 3 is 3.11 bits per heavy atom. The number of fused-ring (bicyclic) bond motifs is 2. The van der Waals surface area contributed by atoms with Gasteiger partial charge in [-0.05, 0) is 37.4 Å². The predicted molar refractivity (Wildman–Crippen MR) is 76.0 cm³/mol. The van der Waals surface area contributed by atoms with Gasteiger partial charge in [0.25, 0.3) is 0 Å². The Balaban J connectivity index is 1.49. The van der Waals surface area contributed by atoms with Crippen LogP contribution in [0.1, 0.15) is 18.6 Å². The highest BCUT2D eigenvalue weighted by molar-refractivity contribution is 5.77. The number of likely N-dealkylation sites (tertiary alicyclic amines) is 1. The number of rotatable bonds is 2. The second-order valence-electron chi connectivity index (χ2n) is 5.91. The van der Waals surface area contributed by atoms with E-state index in [0.29, 0.717) is 6.04 Å². The number of para-hydroxylation sites is 1. The third-order valence-corrected chi connectivity index (χ3v) is 4.53. The minimum absolute atomic E-state index is 0.707. The second kappa shape index (κ2) is 4.66. The van der Waals surface area contributed by atoms with E-state index in [-0.39, 0.29) is 0 Å². The molecule has 0 spiro atoms. The zero-order chi connectivity index (χ0) is 12.7. The van der Waals surface area contributed by atoms with Crippen molar-refractivity contribution in [1.29, 1.82) is 0 Å². The number of piperidine rings is 1. The van der Waals surface area contributed by atoms with Crippen LogP contribution in [0.5, 0.6) is 0 Å². The lowest BCUT2D eigenvalue weighted by atomic mass is 9.94. The van der Waals surface area contributed by atoms with Gasteiger partial charge in [0.15, 0.2) is 0 Å². The van der Waals surface area contributed by atoms with E-state index < -0.39 is 0 Å². The van der Waals surface area contributed by atoms with Crippen LogP contribution in [0.15, 0.2) is 34.7 Å². The summed E-state index contributed by atoms with van der Waals surface area (Å²) in [4.78, 5) is 2.53. The molecule has 3 nitrogen and oxygen atoms in total. The molecule has 0 bridgehead atoms. The van der Waals surface area contributed by atoms with Crippen LogP contribution in [-0.4, -0.2) is 30.6 Å². The van der Waals surface area contributed by atoms with Gasteiger partial charge in [0.1, 0.15) is 11.3 Å². The van der Waals surface area contributed by atoms with Gasteiger partial charge < -0.3 is 9.73 Å². The third kappa shape index (κ3) is 2.17. The zero-order valence-electron chi connectivity index (χ0n) is 11.1. The van der Waals surface area contributed by atoms with E-state index in [1.807, 2.05) is 12.1 Å². The van der Waals surface area contributed by atoms with Crippen molar-refractivity contribution in [3.8, 4) is 0 Å². The van der Waals surface area contributed by atoms with Gasteiger partial charge in [-0.3, -0.25) is 4.90 Å². The van der Waals surface area contributed by atoms with Gasteiger partial charge in [-0.2, -0.15) is 0 Å². The predicted octanol–water partition coefficient (Wildman–Crippen LogP) is 2.62. The van der Waals surface area contributed by atoms with Gasteiger partial charge in [-0.15, -0.1) is 0 Å². The molecule has 3 heteroatoms. The molecule has 2 aromatic rings. The molecular weight excluding hydrogens is 236 g/mol. The second-order valence-corrected chi connectivity index (χ2v) is 5.91. The van der Waals surface area contributed by atoms with Crippen LogP contribution in [0.25, 0.3) is 11.0 Å². The normalized spacial score (nSPS) is 27.8. The molecule has 2 fully saturated rings. The fourth-order valence-corrected chi connectivity index (χ4v) is 3.60. The maximum absolute atomic E-state index is 5.92. The molecule has 0 unspecified atom stereocenters. The summed E-state index contributed by atoms with van der Waals surface area (Å²) < 4.78 is 5.92. The van der Waals surface area contributed by atoms with Gasteiger partial charge in [-0.1, -0.05) is 18.2 Å². The van der Waals surface area contributed by atoms with E-state index in [0.717, 1.165) is 23.8 Å². The SMILES string of the molecule is c1ccc2oc(CN3C[C@@H]4CCCN[C@@H]4C3)cc2c1. The average Bonchev–Trinajstić information content (AvgIpc) is 3.00. The van der Waals surface area contributed by atoms with Crippen LogP contribution in [0.2, 0.25) is 0 Å². The van der Waals surface area contributed by atoms with Crippen LogP contribution >= 0.6 is 0 Å². The maximum Gasteiger partial charge on any atom is 0.134 e. The number of benzene rings is 1. The molecule has 100 valence electrons. The number of furan rings is 1. The highest BCUT2D eigenvalue weighted by Gasteiger charge is 2.34. The first-order valence-corrected chi connectivity index (χ1v) is 7.32. The Bertz CT molecular complexity index is 530. The molecular formula is C16H20N2O. The molecule has 19 heavy (non-hydrogen) atoms. The summed E-state index contributed by atoms with van der Waals surface area (Å²) in [6.07, 6.45) is 2.72. The summed E-state index contributed by atoms with van der Waals surface area (Å²) in [6, 6.07) is 11.2. The molecule has 0 saturated carbocycles. The average molecular weight is 256 g/mol. The smallest absolute Gasteiger partial charge is 0.134 e. The molecule has 2 saturated heterocycles. The summed E-state index contributed by atoms with van der Waals surface area (Å²) in [5, 5.41) is 4.87. The zero-order valence-corrected chi connectivity index (χ0v) is 11.1. The highest BCUT2D eigenvalue weighted by Crippen LogP contribution is 2.27. The van der Waals surface area contributed by atoms with Gasteiger partial charge in [0.05, 0.1) is 6.54 Å². The minimum Gasteiger partial charge on any atom is -0.460 e. The first-order valence-electron chi connectivity index (χ1n) is 7.32. The summed E-state index contributed by atoms with van der Waals surface area (Å²) >= 11 is 0. The Kier molecular flexibility index (Phi) is 2.82. The largest absolute Gasteiger partial charge is 0.460 e. The van der Waals surface area contributed by atoms with Crippen molar-refractivity contribution < 1.29 is 4.42 Å². The van der Waals surface area contributed by atoms with Crippen molar-refractivity contribution in [2.24, 2.45) is 5.92 Å².